The number of ether oxygens (including phenoxy) is 2. The van der Waals surface area contributed by atoms with Crippen LogP contribution in [0.4, 0.5) is 4.79 Å². The number of rotatable bonds is 3. The van der Waals surface area contributed by atoms with Gasteiger partial charge in [0.1, 0.15) is 11.3 Å². The molecular weight excluding hydrogens is 417 g/mol. The van der Waals surface area contributed by atoms with Gasteiger partial charge in [-0.1, -0.05) is 24.3 Å². The molecule has 0 N–H and O–H groups in total. The fourth-order valence-corrected chi connectivity index (χ4v) is 3.03. The van der Waals surface area contributed by atoms with Crippen molar-refractivity contribution in [1.82, 2.24) is 4.90 Å². The molecule has 1 aromatic carbocycles. The van der Waals surface area contributed by atoms with Crippen molar-refractivity contribution in [1.29, 1.82) is 0 Å². The zero-order chi connectivity index (χ0) is 18.0. The number of halogens is 1. The van der Waals surface area contributed by atoms with E-state index in [0.717, 1.165) is 12.0 Å². The fraction of sp³-hybridized carbons (Fsp3) is 0.526. The highest BCUT2D eigenvalue weighted by Gasteiger charge is 2.45. The van der Waals surface area contributed by atoms with Crippen LogP contribution in [0, 0.1) is 3.57 Å². The summed E-state index contributed by atoms with van der Waals surface area (Å²) in [7, 11) is 0. The first kappa shape index (κ1) is 19.2. The average molecular weight is 443 g/mol. The smallest absolute Gasteiger partial charge is 0.412 e. The van der Waals surface area contributed by atoms with Crippen molar-refractivity contribution in [3.8, 4) is 0 Å². The summed E-state index contributed by atoms with van der Waals surface area (Å²) in [5.41, 5.74) is -0.0153. The zero-order valence-corrected chi connectivity index (χ0v) is 17.2. The first-order valence-electron chi connectivity index (χ1n) is 8.17. The molecule has 0 saturated carbocycles. The number of benzene rings is 1. The molecule has 0 aromatic heterocycles. The highest BCUT2D eigenvalue weighted by molar-refractivity contribution is 14.1. The van der Waals surface area contributed by atoms with Crippen molar-refractivity contribution in [2.45, 2.75) is 58.4 Å². The second kappa shape index (κ2) is 7.44. The number of carbonyl (C=O) groups is 1. The van der Waals surface area contributed by atoms with Crippen LogP contribution in [0.1, 0.15) is 46.6 Å². The summed E-state index contributed by atoms with van der Waals surface area (Å²) < 4.78 is 12.6. The SMILES string of the molecule is CC(C)(C)OC(=O)N1[C@@H](C/C=C/c2ccc(I)cc2)COC1(C)C. The minimum absolute atomic E-state index is 0.0186. The molecule has 0 bridgehead atoms. The van der Waals surface area contributed by atoms with Crippen LogP contribution in [-0.2, 0) is 9.47 Å². The van der Waals surface area contributed by atoms with Crippen LogP contribution in [0.3, 0.4) is 0 Å². The quantitative estimate of drug-likeness (QED) is 0.613. The number of hydrogen-bond donors (Lipinski definition) is 0. The summed E-state index contributed by atoms with van der Waals surface area (Å²) in [5.74, 6) is 0. The molecule has 1 fully saturated rings. The van der Waals surface area contributed by atoms with Crippen molar-refractivity contribution in [3.05, 3.63) is 39.5 Å². The van der Waals surface area contributed by atoms with E-state index in [9.17, 15) is 4.79 Å². The van der Waals surface area contributed by atoms with E-state index >= 15 is 0 Å². The molecule has 1 aliphatic heterocycles. The molecule has 1 aromatic rings. The van der Waals surface area contributed by atoms with Crippen LogP contribution in [0.25, 0.3) is 6.08 Å². The van der Waals surface area contributed by atoms with Crippen LogP contribution < -0.4 is 0 Å². The Labute approximate surface area is 158 Å². The maximum Gasteiger partial charge on any atom is 0.412 e. The number of hydrogen-bond acceptors (Lipinski definition) is 3. The van der Waals surface area contributed by atoms with E-state index in [0.29, 0.717) is 6.61 Å². The molecule has 2 rings (SSSR count). The molecule has 1 saturated heterocycles. The van der Waals surface area contributed by atoms with Gasteiger partial charge in [0.2, 0.25) is 0 Å². The van der Waals surface area contributed by atoms with Gasteiger partial charge >= 0.3 is 6.09 Å². The van der Waals surface area contributed by atoms with Gasteiger partial charge in [-0.3, -0.25) is 4.90 Å². The molecule has 1 amide bonds. The molecule has 1 atom stereocenters. The van der Waals surface area contributed by atoms with Gasteiger partial charge in [-0.15, -0.1) is 0 Å². The minimum Gasteiger partial charge on any atom is -0.444 e. The number of amides is 1. The molecule has 0 spiro atoms. The summed E-state index contributed by atoms with van der Waals surface area (Å²) in [6.07, 6.45) is 4.58. The van der Waals surface area contributed by atoms with E-state index in [1.807, 2.05) is 34.6 Å². The lowest BCUT2D eigenvalue weighted by molar-refractivity contribution is -0.0623. The van der Waals surface area contributed by atoms with Crippen LogP contribution in [0.15, 0.2) is 30.3 Å². The standard InChI is InChI=1S/C19H26INO3/c1-18(2,3)24-17(22)21-16(13-23-19(21,4)5)8-6-7-14-9-11-15(20)12-10-14/h6-7,9-12,16H,8,13H2,1-5H3/b7-6+/t16-/m0/s1. The van der Waals surface area contributed by atoms with E-state index in [-0.39, 0.29) is 12.1 Å². The van der Waals surface area contributed by atoms with Crippen molar-refractivity contribution >= 4 is 34.8 Å². The van der Waals surface area contributed by atoms with E-state index < -0.39 is 11.3 Å². The lowest BCUT2D eigenvalue weighted by Crippen LogP contribution is -2.49. The highest BCUT2D eigenvalue weighted by atomic mass is 127. The fourth-order valence-electron chi connectivity index (χ4n) is 2.67. The van der Waals surface area contributed by atoms with Gasteiger partial charge in [0, 0.05) is 3.57 Å². The predicted molar refractivity (Wildman–Crippen MR) is 105 cm³/mol. The first-order valence-corrected chi connectivity index (χ1v) is 9.25. The molecule has 1 heterocycles. The van der Waals surface area contributed by atoms with Crippen LogP contribution in [0.5, 0.6) is 0 Å². The van der Waals surface area contributed by atoms with Gasteiger partial charge < -0.3 is 9.47 Å². The maximum atomic E-state index is 12.6. The third-order valence-electron chi connectivity index (χ3n) is 3.75. The first-order chi connectivity index (χ1) is 11.1. The third-order valence-corrected chi connectivity index (χ3v) is 4.47. The molecule has 0 unspecified atom stereocenters. The minimum atomic E-state index is -0.649. The number of nitrogens with zero attached hydrogens (tertiary/aromatic N) is 1. The van der Waals surface area contributed by atoms with Gasteiger partial charge in [-0.05, 0) is 81.3 Å². The highest BCUT2D eigenvalue weighted by Crippen LogP contribution is 2.31. The van der Waals surface area contributed by atoms with Crippen molar-refractivity contribution in [2.75, 3.05) is 6.61 Å². The Morgan fingerprint density at radius 2 is 2.00 bits per heavy atom. The molecule has 132 valence electrons. The lowest BCUT2D eigenvalue weighted by Gasteiger charge is -2.34. The zero-order valence-electron chi connectivity index (χ0n) is 15.0. The summed E-state index contributed by atoms with van der Waals surface area (Å²) in [4.78, 5) is 14.3. The molecule has 0 radical (unpaired) electrons. The molecule has 5 heteroatoms. The van der Waals surface area contributed by atoms with Gasteiger partial charge in [-0.25, -0.2) is 4.79 Å². The summed E-state index contributed by atoms with van der Waals surface area (Å²) in [6, 6.07) is 8.30. The Hall–Kier alpha value is -1.08. The van der Waals surface area contributed by atoms with Crippen molar-refractivity contribution in [3.63, 3.8) is 0 Å². The van der Waals surface area contributed by atoms with Crippen molar-refractivity contribution < 1.29 is 14.3 Å². The normalized spacial score (nSPS) is 20.6. The second-order valence-electron chi connectivity index (χ2n) is 7.45. The average Bonchev–Trinajstić information content (AvgIpc) is 2.74. The number of carbonyl (C=O) groups excluding carboxylic acids is 1. The van der Waals surface area contributed by atoms with Gasteiger partial charge in [0.15, 0.2) is 0 Å². The molecular formula is C19H26INO3. The van der Waals surface area contributed by atoms with Crippen LogP contribution in [0.2, 0.25) is 0 Å². The van der Waals surface area contributed by atoms with Gasteiger partial charge in [-0.2, -0.15) is 0 Å². The van der Waals surface area contributed by atoms with E-state index in [1.54, 1.807) is 4.90 Å². The van der Waals surface area contributed by atoms with E-state index in [2.05, 4.69) is 59.0 Å². The Morgan fingerprint density at radius 3 is 2.58 bits per heavy atom. The van der Waals surface area contributed by atoms with Crippen LogP contribution >= 0.6 is 22.6 Å². The molecule has 4 nitrogen and oxygen atoms in total. The van der Waals surface area contributed by atoms with E-state index in [4.69, 9.17) is 9.47 Å². The Kier molecular flexibility index (Phi) is 5.96. The van der Waals surface area contributed by atoms with E-state index in [1.165, 1.54) is 3.57 Å². The Bertz CT molecular complexity index is 602. The topological polar surface area (TPSA) is 38.8 Å². The summed E-state index contributed by atoms with van der Waals surface area (Å²) in [5, 5.41) is 0. The van der Waals surface area contributed by atoms with Crippen molar-refractivity contribution in [2.24, 2.45) is 0 Å². The Balaban J connectivity index is 2.05. The Morgan fingerprint density at radius 1 is 1.38 bits per heavy atom. The molecule has 24 heavy (non-hydrogen) atoms. The molecule has 1 aliphatic rings. The molecule has 0 aliphatic carbocycles. The van der Waals surface area contributed by atoms with Gasteiger partial charge in [0.05, 0.1) is 12.6 Å². The third kappa shape index (κ3) is 5.21. The summed E-state index contributed by atoms with van der Waals surface area (Å²) >= 11 is 2.29. The maximum absolute atomic E-state index is 12.6. The lowest BCUT2D eigenvalue weighted by atomic mass is 10.1. The summed E-state index contributed by atoms with van der Waals surface area (Å²) in [6.45, 7) is 9.95. The second-order valence-corrected chi connectivity index (χ2v) is 8.70. The van der Waals surface area contributed by atoms with Gasteiger partial charge in [0.25, 0.3) is 0 Å². The largest absolute Gasteiger partial charge is 0.444 e. The monoisotopic (exact) mass is 443 g/mol. The predicted octanol–water partition coefficient (Wildman–Crippen LogP) is 5.07. The van der Waals surface area contributed by atoms with Crippen LogP contribution in [-0.4, -0.2) is 35.0 Å².